The smallest absolute Gasteiger partial charge is 0.0349 e. The highest BCUT2D eigenvalue weighted by atomic mass is 32.1. The number of hydrogen-bond acceptors (Lipinski definition) is 3. The SMILES string of the molecule is NCc1cccc2scc(CNC3CCC3)c12. The number of rotatable bonds is 4. The van der Waals surface area contributed by atoms with Gasteiger partial charge in [-0.2, -0.15) is 0 Å². The molecule has 1 aromatic heterocycles. The van der Waals surface area contributed by atoms with Gasteiger partial charge in [-0.05, 0) is 35.4 Å². The summed E-state index contributed by atoms with van der Waals surface area (Å²) in [6, 6.07) is 7.17. The molecule has 0 aliphatic heterocycles. The Kier molecular flexibility index (Phi) is 3.14. The maximum absolute atomic E-state index is 5.82. The first-order chi connectivity index (χ1) is 8.38. The zero-order valence-electron chi connectivity index (χ0n) is 9.91. The van der Waals surface area contributed by atoms with Crippen LogP contribution < -0.4 is 11.1 Å². The molecule has 1 aromatic carbocycles. The number of benzene rings is 1. The zero-order chi connectivity index (χ0) is 11.7. The second-order valence-electron chi connectivity index (χ2n) is 4.76. The van der Waals surface area contributed by atoms with Crippen LogP contribution in [0.4, 0.5) is 0 Å². The van der Waals surface area contributed by atoms with Gasteiger partial charge in [0.05, 0.1) is 0 Å². The van der Waals surface area contributed by atoms with E-state index in [0.717, 1.165) is 12.6 Å². The van der Waals surface area contributed by atoms with Gasteiger partial charge in [-0.15, -0.1) is 11.3 Å². The summed E-state index contributed by atoms with van der Waals surface area (Å²) in [5, 5.41) is 7.29. The van der Waals surface area contributed by atoms with E-state index in [2.05, 4.69) is 28.9 Å². The van der Waals surface area contributed by atoms with E-state index in [1.807, 2.05) is 11.3 Å². The topological polar surface area (TPSA) is 38.0 Å². The van der Waals surface area contributed by atoms with Gasteiger partial charge in [-0.1, -0.05) is 18.6 Å². The minimum atomic E-state index is 0.629. The van der Waals surface area contributed by atoms with Gasteiger partial charge < -0.3 is 11.1 Å². The third-order valence-corrected chi connectivity index (χ3v) is 4.66. The third kappa shape index (κ3) is 2.10. The van der Waals surface area contributed by atoms with Gasteiger partial charge in [0.25, 0.3) is 0 Å². The molecule has 90 valence electrons. The lowest BCUT2D eigenvalue weighted by Crippen LogP contribution is -2.34. The van der Waals surface area contributed by atoms with Crippen LogP contribution in [0.3, 0.4) is 0 Å². The molecule has 2 aromatic rings. The maximum atomic E-state index is 5.82. The first kappa shape index (κ1) is 11.2. The van der Waals surface area contributed by atoms with Gasteiger partial charge in [0.1, 0.15) is 0 Å². The second-order valence-corrected chi connectivity index (χ2v) is 5.68. The fourth-order valence-corrected chi connectivity index (χ4v) is 3.41. The molecular weight excluding hydrogens is 228 g/mol. The first-order valence-corrected chi connectivity index (χ1v) is 7.18. The lowest BCUT2D eigenvalue weighted by atomic mass is 9.93. The van der Waals surface area contributed by atoms with Crippen molar-refractivity contribution in [3.63, 3.8) is 0 Å². The Labute approximate surface area is 106 Å². The number of thiophene rings is 1. The molecule has 0 atom stereocenters. The Morgan fingerprint density at radius 3 is 2.88 bits per heavy atom. The molecule has 1 aliphatic carbocycles. The van der Waals surface area contributed by atoms with E-state index < -0.39 is 0 Å². The van der Waals surface area contributed by atoms with Gasteiger partial charge in [0, 0.05) is 29.2 Å². The lowest BCUT2D eigenvalue weighted by molar-refractivity contribution is 0.339. The van der Waals surface area contributed by atoms with Crippen molar-refractivity contribution in [3.05, 3.63) is 34.7 Å². The molecule has 0 saturated heterocycles. The molecule has 0 amide bonds. The van der Waals surface area contributed by atoms with Crippen LogP contribution in [-0.2, 0) is 13.1 Å². The van der Waals surface area contributed by atoms with Gasteiger partial charge in [-0.25, -0.2) is 0 Å². The van der Waals surface area contributed by atoms with Crippen LogP contribution in [0.25, 0.3) is 10.1 Å². The standard InChI is InChI=1S/C14H18N2S/c15-7-10-3-1-6-13-14(10)11(9-17-13)8-16-12-4-2-5-12/h1,3,6,9,12,16H,2,4-5,7-8,15H2. The lowest BCUT2D eigenvalue weighted by Gasteiger charge is -2.26. The van der Waals surface area contributed by atoms with Crippen molar-refractivity contribution in [1.29, 1.82) is 0 Å². The van der Waals surface area contributed by atoms with Crippen molar-refractivity contribution in [2.24, 2.45) is 5.73 Å². The Morgan fingerprint density at radius 2 is 2.18 bits per heavy atom. The largest absolute Gasteiger partial charge is 0.326 e. The Balaban J connectivity index is 1.87. The predicted octanol–water partition coefficient (Wildman–Crippen LogP) is 3.00. The summed E-state index contributed by atoms with van der Waals surface area (Å²) in [5.74, 6) is 0. The molecule has 0 spiro atoms. The molecule has 2 nitrogen and oxygen atoms in total. The van der Waals surface area contributed by atoms with Gasteiger partial charge in [-0.3, -0.25) is 0 Å². The summed E-state index contributed by atoms with van der Waals surface area (Å²) in [5.41, 5.74) is 8.51. The number of hydrogen-bond donors (Lipinski definition) is 2. The van der Waals surface area contributed by atoms with Crippen LogP contribution in [0.2, 0.25) is 0 Å². The first-order valence-electron chi connectivity index (χ1n) is 6.30. The highest BCUT2D eigenvalue weighted by Crippen LogP contribution is 2.29. The fourth-order valence-electron chi connectivity index (χ4n) is 2.40. The van der Waals surface area contributed by atoms with Crippen LogP contribution in [-0.4, -0.2) is 6.04 Å². The minimum absolute atomic E-state index is 0.629. The van der Waals surface area contributed by atoms with E-state index in [9.17, 15) is 0 Å². The molecule has 0 radical (unpaired) electrons. The summed E-state index contributed by atoms with van der Waals surface area (Å²) < 4.78 is 1.36. The second kappa shape index (κ2) is 4.77. The molecule has 1 heterocycles. The zero-order valence-corrected chi connectivity index (χ0v) is 10.7. The molecular formula is C14H18N2S. The van der Waals surface area contributed by atoms with Gasteiger partial charge in [0.2, 0.25) is 0 Å². The molecule has 1 saturated carbocycles. The van der Waals surface area contributed by atoms with Gasteiger partial charge >= 0.3 is 0 Å². The number of nitrogens with one attached hydrogen (secondary N) is 1. The van der Waals surface area contributed by atoms with Crippen LogP contribution in [0.15, 0.2) is 23.6 Å². The molecule has 3 N–H and O–H groups in total. The normalized spacial score (nSPS) is 16.3. The van der Waals surface area contributed by atoms with Crippen molar-refractivity contribution < 1.29 is 0 Å². The van der Waals surface area contributed by atoms with Crippen molar-refractivity contribution in [2.45, 2.75) is 38.4 Å². The Morgan fingerprint density at radius 1 is 1.29 bits per heavy atom. The van der Waals surface area contributed by atoms with Gasteiger partial charge in [0.15, 0.2) is 0 Å². The molecule has 17 heavy (non-hydrogen) atoms. The maximum Gasteiger partial charge on any atom is 0.0349 e. The summed E-state index contributed by atoms with van der Waals surface area (Å²) in [6.07, 6.45) is 4.06. The van der Waals surface area contributed by atoms with E-state index in [-0.39, 0.29) is 0 Å². The summed E-state index contributed by atoms with van der Waals surface area (Å²) in [6.45, 7) is 1.62. The van der Waals surface area contributed by atoms with Crippen molar-refractivity contribution in [1.82, 2.24) is 5.32 Å². The van der Waals surface area contributed by atoms with E-state index in [4.69, 9.17) is 5.73 Å². The van der Waals surface area contributed by atoms with E-state index >= 15 is 0 Å². The monoisotopic (exact) mass is 246 g/mol. The summed E-state index contributed by atoms with van der Waals surface area (Å²) in [7, 11) is 0. The number of nitrogens with two attached hydrogens (primary N) is 1. The van der Waals surface area contributed by atoms with Crippen LogP contribution >= 0.6 is 11.3 Å². The molecule has 3 rings (SSSR count). The quantitative estimate of drug-likeness (QED) is 0.870. The molecule has 3 heteroatoms. The van der Waals surface area contributed by atoms with Crippen LogP contribution in [0.1, 0.15) is 30.4 Å². The van der Waals surface area contributed by atoms with Crippen molar-refractivity contribution in [2.75, 3.05) is 0 Å². The number of fused-ring (bicyclic) bond motifs is 1. The summed E-state index contributed by atoms with van der Waals surface area (Å²) in [4.78, 5) is 0. The average Bonchev–Trinajstić information content (AvgIpc) is 2.70. The molecule has 0 bridgehead atoms. The molecule has 1 fully saturated rings. The third-order valence-electron chi connectivity index (χ3n) is 3.67. The van der Waals surface area contributed by atoms with Crippen molar-refractivity contribution in [3.8, 4) is 0 Å². The van der Waals surface area contributed by atoms with Crippen LogP contribution in [0, 0.1) is 0 Å². The molecule has 1 aliphatic rings. The highest BCUT2D eigenvalue weighted by Gasteiger charge is 2.17. The minimum Gasteiger partial charge on any atom is -0.326 e. The van der Waals surface area contributed by atoms with E-state index in [0.29, 0.717) is 6.54 Å². The average molecular weight is 246 g/mol. The fraction of sp³-hybridized carbons (Fsp3) is 0.429. The summed E-state index contributed by atoms with van der Waals surface area (Å²) >= 11 is 1.83. The van der Waals surface area contributed by atoms with E-state index in [1.165, 1.54) is 40.5 Å². The Hall–Kier alpha value is -0.900. The predicted molar refractivity (Wildman–Crippen MR) is 74.2 cm³/mol. The van der Waals surface area contributed by atoms with Crippen molar-refractivity contribution >= 4 is 21.4 Å². The highest BCUT2D eigenvalue weighted by molar-refractivity contribution is 7.17. The van der Waals surface area contributed by atoms with E-state index in [1.54, 1.807) is 0 Å². The van der Waals surface area contributed by atoms with Crippen LogP contribution in [0.5, 0.6) is 0 Å². The Bertz CT molecular complexity index is 514. The molecule has 0 unspecified atom stereocenters.